The molecular weight excluding hydrogens is 1400 g/mol. The van der Waals surface area contributed by atoms with Gasteiger partial charge in [0, 0.05) is 95.6 Å². The first-order valence-corrected chi connectivity index (χ1v) is 34.2. The van der Waals surface area contributed by atoms with E-state index in [1.165, 1.54) is 46.5 Å². The van der Waals surface area contributed by atoms with Crippen LogP contribution in [0.5, 0.6) is 11.5 Å². The third-order valence-electron chi connectivity index (χ3n) is 18.7. The minimum absolute atomic E-state index is 0.0658. The van der Waals surface area contributed by atoms with E-state index in [1.54, 1.807) is 66.1 Å². The molecule has 1 aliphatic carbocycles. The molecule has 0 spiro atoms. The molecule has 7 aromatic rings. The molecule has 31 nitrogen and oxygen atoms in total. The van der Waals surface area contributed by atoms with Gasteiger partial charge in [-0.1, -0.05) is 6.92 Å². The number of imidazole rings is 1. The first-order valence-electron chi connectivity index (χ1n) is 34.2. The van der Waals surface area contributed by atoms with E-state index in [9.17, 15) is 65.3 Å². The highest BCUT2D eigenvalue weighted by atomic mass is 19.4. The number of Topliss-reactive ketones (excluding diaryl/α,β-unsaturated/α-hetero) is 1. The van der Waals surface area contributed by atoms with Crippen molar-refractivity contribution in [3.63, 3.8) is 0 Å². The summed E-state index contributed by atoms with van der Waals surface area (Å²) < 4.78 is 90.2. The summed E-state index contributed by atoms with van der Waals surface area (Å²) in [5, 5.41) is 49.8. The summed E-state index contributed by atoms with van der Waals surface area (Å²) in [7, 11) is 1.86. The number of aliphatic hydroxyl groups excluding tert-OH is 4. The number of carbonyl (C=O) groups is 6. The number of ketones is 1. The number of pyridine rings is 6. The second kappa shape index (κ2) is 31.7. The summed E-state index contributed by atoms with van der Waals surface area (Å²) in [6.45, 7) is 5.33. The second-order valence-electron chi connectivity index (χ2n) is 26.5. The zero-order valence-corrected chi connectivity index (χ0v) is 57.5. The number of halogens is 6. The Morgan fingerprint density at radius 2 is 1.00 bits per heavy atom. The Labute approximate surface area is 602 Å². The number of aliphatic hydroxyl groups is 4. The van der Waals surface area contributed by atoms with E-state index in [1.807, 2.05) is 27.9 Å². The molecule has 1 saturated carbocycles. The lowest BCUT2D eigenvalue weighted by Crippen LogP contribution is -2.49. The van der Waals surface area contributed by atoms with Crippen molar-refractivity contribution >= 4 is 87.7 Å². The maximum Gasteiger partial charge on any atom is 0.408 e. The van der Waals surface area contributed by atoms with Gasteiger partial charge >= 0.3 is 30.4 Å². The fraction of sp³-hybridized carbons (Fsp3) is 0.435. The Bertz CT molecular complexity index is 4400. The van der Waals surface area contributed by atoms with Crippen LogP contribution in [-0.2, 0) is 7.05 Å². The van der Waals surface area contributed by atoms with Gasteiger partial charge in [0.2, 0.25) is 0 Å². The minimum Gasteiger partial charge on any atom is -0.491 e. The van der Waals surface area contributed by atoms with Crippen LogP contribution in [0.2, 0.25) is 0 Å². The number of hydrogen-bond donors (Lipinski definition) is 9. The zero-order chi connectivity index (χ0) is 75.3. The molecule has 8 amide bonds. The molecule has 13 heterocycles. The number of carbonyl (C=O) groups excluding carboxylic acids is 6. The van der Waals surface area contributed by atoms with Crippen LogP contribution in [0.15, 0.2) is 104 Å². The predicted molar refractivity (Wildman–Crippen MR) is 373 cm³/mol. The van der Waals surface area contributed by atoms with Crippen molar-refractivity contribution < 1.29 is 85.0 Å². The Hall–Kier alpha value is -11.1. The van der Waals surface area contributed by atoms with Gasteiger partial charge in [-0.25, -0.2) is 49.3 Å². The lowest BCUT2D eigenvalue weighted by Gasteiger charge is -2.35. The number of alkyl halides is 6. The third kappa shape index (κ3) is 17.3. The molecule has 6 bridgehead atoms. The predicted octanol–water partition coefficient (Wildman–Crippen LogP) is 6.78. The quantitative estimate of drug-likeness (QED) is 0.0280. The highest BCUT2D eigenvalue weighted by molar-refractivity contribution is 6.07. The van der Waals surface area contributed by atoms with Crippen molar-refractivity contribution in [3.8, 4) is 22.8 Å². The number of urea groups is 3. The van der Waals surface area contributed by atoms with Crippen molar-refractivity contribution in [1.29, 1.82) is 0 Å². The number of ether oxygens (including phenoxy) is 2. The highest BCUT2D eigenvalue weighted by Gasteiger charge is 2.45. The van der Waals surface area contributed by atoms with Crippen LogP contribution in [0.3, 0.4) is 0 Å². The average molecular weight is 1480 g/mol. The number of nitrogens with one attached hydrogen (secondary N) is 5. The van der Waals surface area contributed by atoms with Crippen LogP contribution >= 0.6 is 0 Å². The summed E-state index contributed by atoms with van der Waals surface area (Å²) in [6, 6.07) is 15.1. The summed E-state index contributed by atoms with van der Waals surface area (Å²) >= 11 is 0. The highest BCUT2D eigenvalue weighted by Crippen LogP contribution is 2.43. The second-order valence-corrected chi connectivity index (χ2v) is 26.5. The fourth-order valence-electron chi connectivity index (χ4n) is 12.8. The molecule has 7 atom stereocenters. The monoisotopic (exact) mass is 1480 g/mol. The van der Waals surface area contributed by atoms with Gasteiger partial charge in [0.05, 0.1) is 72.5 Å². The third-order valence-corrected chi connectivity index (χ3v) is 18.7. The molecule has 14 rings (SSSR count). The van der Waals surface area contributed by atoms with E-state index in [2.05, 4.69) is 66.0 Å². The van der Waals surface area contributed by atoms with Gasteiger partial charge in [0.1, 0.15) is 77.5 Å². The maximum atomic E-state index is 13.4. The van der Waals surface area contributed by atoms with Gasteiger partial charge in [0.25, 0.3) is 11.8 Å². The lowest BCUT2D eigenvalue weighted by molar-refractivity contribution is -0.168. The molecule has 0 aromatic carbocycles. The van der Waals surface area contributed by atoms with E-state index in [-0.39, 0.29) is 77.6 Å². The lowest BCUT2D eigenvalue weighted by atomic mass is 10.0. The standard InChI is InChI=1S/C24H24F3N7O2.C23H28N6O5.C22H25F3N6O5/c1-14(24(25,26)27)9-20(35)17-3-4-18-22(30-17)34(16-6-8-33(18)12-16)23(36)31-21-10-15(5-7-29-21)19-11-28-13-32(19)2;30-12-16(31)13-34-17-5-7-24-20(9-17)27-23(33)29-15-6-8-28(11-15)19-4-3-18(26-21(19)29)22(32)25-10-14-1-2-14;1-12(22(23,24)25)27-20(34)16-2-3-17-19(28-16)31(13-5-7-30(17)9-13)21(35)29-18-8-15(4-6-26-18)36-11-14(33)10-32/h3-5,7,10-11,13-14,16H,6,8-9,12H2,1-2H3,(H,29,31,36);3-5,7,9,14-16,30-31H,1-2,6,8,10-13H2,(H,25,32)(H,24,27,33);2-4,6,8,12-14,32-33H,5,7,9-11H2,1H3,(H,27,34)(H,26,29,35)/t14-,16-;15-,16+;12-,13+,14+/m001/s1. The molecule has 7 aromatic heterocycles. The van der Waals surface area contributed by atoms with Crippen LogP contribution < -0.4 is 65.5 Å². The Balaban J connectivity index is 0.000000149. The maximum absolute atomic E-state index is 13.4. The number of aromatic nitrogens is 8. The van der Waals surface area contributed by atoms with E-state index in [0.29, 0.717) is 92.5 Å². The first-order chi connectivity index (χ1) is 50.7. The number of nitrogens with zero attached hydrogens (tertiary/aromatic N) is 14. The van der Waals surface area contributed by atoms with Gasteiger partial charge in [-0.3, -0.25) is 45.0 Å². The fourth-order valence-corrected chi connectivity index (χ4v) is 12.8. The summed E-state index contributed by atoms with van der Waals surface area (Å²) in [4.78, 5) is 118. The molecule has 0 unspecified atom stereocenters. The van der Waals surface area contributed by atoms with Gasteiger partial charge in [-0.05, 0) is 106 Å². The summed E-state index contributed by atoms with van der Waals surface area (Å²) in [5.41, 5.74) is 3.68. The SMILES string of the molecule is C[C@@H](CC(=O)c1ccc2c(n1)N(C(=O)Nc1cc(-c3cncn3C)ccn1)[C@H]1CCN2C1)C(F)(F)F.C[C@@H](NC(=O)c1ccc2c(n1)N(C(=O)Nc1cc(OC[C@@H](O)CO)ccn1)[C@H]1CCN2C1)C(F)(F)F.O=C(NCC1CC1)c1ccc2c(n1)N(C(=O)Nc1cc(OC[C@H](O)CO)ccn1)[C@H]1CCN2C1. The Morgan fingerprint density at radius 1 is 0.566 bits per heavy atom. The first kappa shape index (κ1) is 74.7. The van der Waals surface area contributed by atoms with Crippen LogP contribution in [0.25, 0.3) is 11.3 Å². The molecule has 0 radical (unpaired) electrons. The largest absolute Gasteiger partial charge is 0.491 e. The Morgan fingerprint density at radius 3 is 1.42 bits per heavy atom. The van der Waals surface area contributed by atoms with E-state index < -0.39 is 85.9 Å². The van der Waals surface area contributed by atoms with E-state index in [4.69, 9.17) is 19.7 Å². The summed E-state index contributed by atoms with van der Waals surface area (Å²) in [5.74, 6) is -0.866. The molecule has 4 fully saturated rings. The molecule has 106 heavy (non-hydrogen) atoms. The van der Waals surface area contributed by atoms with Gasteiger partial charge in [0.15, 0.2) is 23.2 Å². The molecule has 562 valence electrons. The Kier molecular flexibility index (Phi) is 22.3. The van der Waals surface area contributed by atoms with Gasteiger partial charge in [-0.2, -0.15) is 26.3 Å². The van der Waals surface area contributed by atoms with Crippen LogP contribution in [0.4, 0.5) is 92.7 Å². The molecule has 9 N–H and O–H groups in total. The normalized spacial score (nSPS) is 18.4. The molecular formula is C69H77F6N19O12. The molecule has 37 heteroatoms. The summed E-state index contributed by atoms with van der Waals surface area (Å²) in [6.07, 6.45) is 0.381. The molecule has 7 aliphatic rings. The number of rotatable bonds is 20. The van der Waals surface area contributed by atoms with Crippen LogP contribution in [0, 0.1) is 11.8 Å². The number of fused-ring (bicyclic) bond motifs is 12. The van der Waals surface area contributed by atoms with Crippen LogP contribution in [0.1, 0.15) is 83.8 Å². The minimum atomic E-state index is -4.61. The topological polar surface area (TPSA) is 377 Å². The van der Waals surface area contributed by atoms with E-state index >= 15 is 0 Å². The van der Waals surface area contributed by atoms with Gasteiger partial charge in [-0.15, -0.1) is 0 Å². The van der Waals surface area contributed by atoms with Crippen LogP contribution in [-0.4, -0.2) is 217 Å². The van der Waals surface area contributed by atoms with Crippen molar-refractivity contribution in [2.24, 2.45) is 18.9 Å². The van der Waals surface area contributed by atoms with Crippen molar-refractivity contribution in [1.82, 2.24) is 50.1 Å². The van der Waals surface area contributed by atoms with Crippen molar-refractivity contribution in [3.05, 3.63) is 121 Å². The number of hydrogen-bond acceptors (Lipinski definition) is 22. The number of amides is 8. The van der Waals surface area contributed by atoms with Crippen molar-refractivity contribution in [2.45, 2.75) is 101 Å². The smallest absolute Gasteiger partial charge is 0.408 e. The zero-order valence-electron chi connectivity index (χ0n) is 57.5. The molecule has 6 aliphatic heterocycles. The van der Waals surface area contributed by atoms with E-state index in [0.717, 1.165) is 56.6 Å². The average Bonchev–Trinajstić information content (AvgIpc) is 1.56. The molecule has 3 saturated heterocycles. The number of aryl methyl sites for hydroxylation is 1. The number of anilines is 9. The van der Waals surface area contributed by atoms with Crippen molar-refractivity contribution in [2.75, 3.05) is 118 Å². The van der Waals surface area contributed by atoms with Gasteiger partial charge < -0.3 is 59.8 Å².